The van der Waals surface area contributed by atoms with Crippen LogP contribution >= 0.6 is 0 Å². The monoisotopic (exact) mass is 304 g/mol. The molecule has 1 aromatic carbocycles. The number of carbonyl (C=O) groups is 1. The molecule has 1 aromatic rings. The van der Waals surface area contributed by atoms with E-state index in [9.17, 15) is 4.79 Å². The van der Waals surface area contributed by atoms with E-state index in [0.29, 0.717) is 6.61 Å². The second-order valence-corrected chi connectivity index (χ2v) is 5.55. The lowest BCUT2D eigenvalue weighted by atomic mass is 10.2. The zero-order valence-electron chi connectivity index (χ0n) is 14.1. The number of hydrogen-bond acceptors (Lipinski definition) is 3. The molecule has 0 heterocycles. The third-order valence-electron chi connectivity index (χ3n) is 3.33. The first kappa shape index (κ1) is 18.3. The molecule has 22 heavy (non-hydrogen) atoms. The van der Waals surface area contributed by atoms with Gasteiger partial charge in [-0.05, 0) is 37.5 Å². The van der Waals surface area contributed by atoms with Crippen LogP contribution in [0.5, 0.6) is 5.75 Å². The molecule has 0 aliphatic carbocycles. The van der Waals surface area contributed by atoms with Gasteiger partial charge in [0.05, 0.1) is 6.61 Å². The fourth-order valence-electron chi connectivity index (χ4n) is 2.09. The fourth-order valence-corrected chi connectivity index (χ4v) is 2.09. The first-order valence-corrected chi connectivity index (χ1v) is 8.21. The van der Waals surface area contributed by atoms with Gasteiger partial charge in [0.1, 0.15) is 12.4 Å². The minimum atomic E-state index is -0.272. The van der Waals surface area contributed by atoms with Gasteiger partial charge in [0.15, 0.2) is 0 Å². The summed E-state index contributed by atoms with van der Waals surface area (Å²) in [5, 5.41) is 0. The standard InChI is InChI=1S/C19H28O3/c1-4-6-7-13-21-18-11-9-17(10-12-18)15-22-19(20)14-16(3)8-5-2/h9-12,14H,4-8,13,15H2,1-3H3/b16-14+. The maximum Gasteiger partial charge on any atom is 0.331 e. The summed E-state index contributed by atoms with van der Waals surface area (Å²) in [6.45, 7) is 7.27. The summed E-state index contributed by atoms with van der Waals surface area (Å²) < 4.78 is 10.9. The van der Waals surface area contributed by atoms with E-state index in [1.54, 1.807) is 6.08 Å². The minimum Gasteiger partial charge on any atom is -0.494 e. The van der Waals surface area contributed by atoms with Crippen molar-refractivity contribution in [3.63, 3.8) is 0 Å². The Kier molecular flexibility index (Phi) is 9.04. The van der Waals surface area contributed by atoms with Gasteiger partial charge in [-0.15, -0.1) is 0 Å². The molecule has 0 bridgehead atoms. The Balaban J connectivity index is 2.35. The molecule has 0 unspecified atom stereocenters. The van der Waals surface area contributed by atoms with E-state index in [-0.39, 0.29) is 5.97 Å². The molecule has 3 nitrogen and oxygen atoms in total. The van der Waals surface area contributed by atoms with E-state index in [1.165, 1.54) is 12.8 Å². The maximum absolute atomic E-state index is 11.6. The molecule has 0 saturated carbocycles. The van der Waals surface area contributed by atoms with Crippen molar-refractivity contribution in [2.24, 2.45) is 0 Å². The van der Waals surface area contributed by atoms with Gasteiger partial charge >= 0.3 is 5.97 Å². The van der Waals surface area contributed by atoms with Crippen molar-refractivity contribution >= 4 is 5.97 Å². The largest absolute Gasteiger partial charge is 0.494 e. The number of allylic oxidation sites excluding steroid dienone is 1. The second kappa shape index (κ2) is 10.9. The molecule has 0 N–H and O–H groups in total. The van der Waals surface area contributed by atoms with Crippen LogP contribution in [0.2, 0.25) is 0 Å². The van der Waals surface area contributed by atoms with Crippen molar-refractivity contribution in [2.75, 3.05) is 6.61 Å². The summed E-state index contributed by atoms with van der Waals surface area (Å²) in [4.78, 5) is 11.6. The Morgan fingerprint density at radius 1 is 1.09 bits per heavy atom. The van der Waals surface area contributed by atoms with Crippen molar-refractivity contribution in [2.45, 2.75) is 59.5 Å². The van der Waals surface area contributed by atoms with E-state index in [4.69, 9.17) is 9.47 Å². The van der Waals surface area contributed by atoms with Gasteiger partial charge in [0.2, 0.25) is 0 Å². The Hall–Kier alpha value is -1.77. The van der Waals surface area contributed by atoms with Gasteiger partial charge in [-0.2, -0.15) is 0 Å². The SMILES string of the molecule is CCCCCOc1ccc(COC(=O)/C=C(\C)CCC)cc1. The van der Waals surface area contributed by atoms with Crippen LogP contribution in [0.3, 0.4) is 0 Å². The van der Waals surface area contributed by atoms with Gasteiger partial charge in [-0.1, -0.05) is 50.8 Å². The quantitative estimate of drug-likeness (QED) is 0.345. The van der Waals surface area contributed by atoms with Crippen LogP contribution in [0.25, 0.3) is 0 Å². The van der Waals surface area contributed by atoms with Crippen LogP contribution in [0.1, 0.15) is 58.4 Å². The van der Waals surface area contributed by atoms with E-state index >= 15 is 0 Å². The fraction of sp³-hybridized carbons (Fsp3) is 0.526. The third-order valence-corrected chi connectivity index (χ3v) is 3.33. The highest BCUT2D eigenvalue weighted by Gasteiger charge is 2.01. The van der Waals surface area contributed by atoms with Gasteiger partial charge < -0.3 is 9.47 Å². The Bertz CT molecular complexity index is 460. The summed E-state index contributed by atoms with van der Waals surface area (Å²) in [5.74, 6) is 0.593. The molecule has 1 rings (SSSR count). The number of hydrogen-bond donors (Lipinski definition) is 0. The van der Waals surface area contributed by atoms with E-state index in [2.05, 4.69) is 13.8 Å². The molecule has 0 spiro atoms. The van der Waals surface area contributed by atoms with E-state index < -0.39 is 0 Å². The van der Waals surface area contributed by atoms with E-state index in [0.717, 1.165) is 42.8 Å². The van der Waals surface area contributed by atoms with E-state index in [1.807, 2.05) is 31.2 Å². The number of ether oxygens (including phenoxy) is 2. The van der Waals surface area contributed by atoms with Gasteiger partial charge in [-0.25, -0.2) is 4.79 Å². The molecular formula is C19H28O3. The number of rotatable bonds is 10. The molecule has 3 heteroatoms. The van der Waals surface area contributed by atoms with Crippen molar-refractivity contribution in [3.8, 4) is 5.75 Å². The molecule has 0 saturated heterocycles. The Morgan fingerprint density at radius 3 is 2.45 bits per heavy atom. The summed E-state index contributed by atoms with van der Waals surface area (Å²) in [5.41, 5.74) is 2.03. The van der Waals surface area contributed by atoms with Crippen LogP contribution in [-0.4, -0.2) is 12.6 Å². The number of benzene rings is 1. The number of esters is 1. The highest BCUT2D eigenvalue weighted by Crippen LogP contribution is 2.14. The molecule has 0 amide bonds. The second-order valence-electron chi connectivity index (χ2n) is 5.55. The topological polar surface area (TPSA) is 35.5 Å². The highest BCUT2D eigenvalue weighted by atomic mass is 16.5. The summed E-state index contributed by atoms with van der Waals surface area (Å²) in [7, 11) is 0. The molecule has 122 valence electrons. The maximum atomic E-state index is 11.6. The summed E-state index contributed by atoms with van der Waals surface area (Å²) >= 11 is 0. The third kappa shape index (κ3) is 7.87. The highest BCUT2D eigenvalue weighted by molar-refractivity contribution is 5.82. The van der Waals surface area contributed by atoms with Crippen molar-refractivity contribution < 1.29 is 14.3 Å². The predicted molar refractivity (Wildman–Crippen MR) is 89.9 cm³/mol. The van der Waals surface area contributed by atoms with Crippen molar-refractivity contribution in [3.05, 3.63) is 41.5 Å². The minimum absolute atomic E-state index is 0.272. The van der Waals surface area contributed by atoms with Crippen LogP contribution in [0.4, 0.5) is 0 Å². The van der Waals surface area contributed by atoms with Gasteiger partial charge in [0.25, 0.3) is 0 Å². The molecular weight excluding hydrogens is 276 g/mol. The Labute approximate surface area is 134 Å². The average Bonchev–Trinajstić information content (AvgIpc) is 2.51. The normalized spacial score (nSPS) is 11.3. The summed E-state index contributed by atoms with van der Waals surface area (Å²) in [6.07, 6.45) is 7.02. The first-order valence-electron chi connectivity index (χ1n) is 8.21. The van der Waals surface area contributed by atoms with Crippen LogP contribution in [-0.2, 0) is 16.1 Å². The lowest BCUT2D eigenvalue weighted by molar-refractivity contribution is -0.139. The van der Waals surface area contributed by atoms with Crippen molar-refractivity contribution in [1.82, 2.24) is 0 Å². The van der Waals surface area contributed by atoms with Crippen LogP contribution in [0, 0.1) is 0 Å². The zero-order valence-corrected chi connectivity index (χ0v) is 14.1. The van der Waals surface area contributed by atoms with Crippen LogP contribution in [0.15, 0.2) is 35.9 Å². The average molecular weight is 304 g/mol. The van der Waals surface area contributed by atoms with Crippen LogP contribution < -0.4 is 4.74 Å². The lowest BCUT2D eigenvalue weighted by Gasteiger charge is -2.07. The van der Waals surface area contributed by atoms with Gasteiger partial charge in [-0.3, -0.25) is 0 Å². The molecule has 0 aliphatic rings. The summed E-state index contributed by atoms with van der Waals surface area (Å²) in [6, 6.07) is 7.72. The predicted octanol–water partition coefficient (Wildman–Crippen LogP) is 5.05. The molecule has 0 radical (unpaired) electrons. The first-order chi connectivity index (χ1) is 10.7. The molecule has 0 atom stereocenters. The zero-order chi connectivity index (χ0) is 16.2. The number of unbranched alkanes of at least 4 members (excludes halogenated alkanes) is 2. The molecule has 0 fully saturated rings. The molecule has 0 aromatic heterocycles. The molecule has 0 aliphatic heterocycles. The van der Waals surface area contributed by atoms with Crippen molar-refractivity contribution in [1.29, 1.82) is 0 Å². The number of carbonyl (C=O) groups excluding carboxylic acids is 1. The smallest absolute Gasteiger partial charge is 0.331 e. The lowest BCUT2D eigenvalue weighted by Crippen LogP contribution is -2.02. The van der Waals surface area contributed by atoms with Gasteiger partial charge in [0, 0.05) is 6.08 Å². The Morgan fingerprint density at radius 2 is 1.82 bits per heavy atom.